The van der Waals surface area contributed by atoms with Gasteiger partial charge in [0.1, 0.15) is 5.75 Å². The van der Waals surface area contributed by atoms with Crippen molar-refractivity contribution in [3.63, 3.8) is 0 Å². The zero-order chi connectivity index (χ0) is 13.1. The summed E-state index contributed by atoms with van der Waals surface area (Å²) in [6.07, 6.45) is 0. The molecule has 1 nitrogen and oxygen atoms in total. The van der Waals surface area contributed by atoms with Gasteiger partial charge in [0.15, 0.2) is 0 Å². The Morgan fingerprint density at radius 1 is 1.17 bits per heavy atom. The summed E-state index contributed by atoms with van der Waals surface area (Å²) in [5.41, 5.74) is 1.86. The number of ether oxygens (including phenoxy) is 1. The first-order valence-corrected chi connectivity index (χ1v) is 6.96. The molecule has 0 aliphatic rings. The van der Waals surface area contributed by atoms with Crippen LogP contribution in [-0.4, -0.2) is 7.11 Å². The molecule has 0 saturated carbocycles. The summed E-state index contributed by atoms with van der Waals surface area (Å²) in [7, 11) is 1.62. The first-order chi connectivity index (χ1) is 8.63. The molecule has 0 aliphatic carbocycles. The minimum Gasteiger partial charge on any atom is -0.495 e. The van der Waals surface area contributed by atoms with Crippen molar-refractivity contribution in [3.8, 4) is 5.75 Å². The predicted octanol–water partition coefficient (Wildman–Crippen LogP) is 5.44. The van der Waals surface area contributed by atoms with Crippen molar-refractivity contribution < 1.29 is 4.74 Å². The van der Waals surface area contributed by atoms with Crippen LogP contribution in [0.5, 0.6) is 5.75 Å². The number of rotatable bonds is 3. The molecule has 4 heteroatoms. The number of hydrogen-bond donors (Lipinski definition) is 0. The normalized spacial score (nSPS) is 12.2. The lowest BCUT2D eigenvalue weighted by Gasteiger charge is -2.16. The minimum absolute atomic E-state index is 0.295. The summed E-state index contributed by atoms with van der Waals surface area (Å²) in [5, 5.41) is 0.329. The van der Waals surface area contributed by atoms with Crippen LogP contribution >= 0.6 is 39.1 Å². The Labute approximate surface area is 125 Å². The fourth-order valence-electron chi connectivity index (χ4n) is 1.79. The molecule has 2 aromatic carbocycles. The lowest BCUT2D eigenvalue weighted by molar-refractivity contribution is 0.407. The first kappa shape index (κ1) is 13.7. The van der Waals surface area contributed by atoms with E-state index in [1.54, 1.807) is 13.2 Å². The lowest BCUT2D eigenvalue weighted by Crippen LogP contribution is -1.98. The highest BCUT2D eigenvalue weighted by atomic mass is 79.9. The quantitative estimate of drug-likeness (QED) is 0.673. The molecular formula is C14H11BrCl2O. The van der Waals surface area contributed by atoms with Gasteiger partial charge < -0.3 is 4.74 Å². The third-order valence-electron chi connectivity index (χ3n) is 2.61. The van der Waals surface area contributed by atoms with Gasteiger partial charge in [0, 0.05) is 10.6 Å². The van der Waals surface area contributed by atoms with Crippen molar-refractivity contribution in [3.05, 3.63) is 63.1 Å². The van der Waals surface area contributed by atoms with E-state index in [2.05, 4.69) is 15.9 Å². The number of halogens is 3. The number of benzene rings is 2. The molecule has 2 aromatic rings. The molecule has 0 fully saturated rings. The summed E-state index contributed by atoms with van der Waals surface area (Å²) in [4.78, 5) is 0. The van der Waals surface area contributed by atoms with Crippen LogP contribution in [0.25, 0.3) is 0 Å². The molecule has 0 aliphatic heterocycles. The van der Waals surface area contributed by atoms with Crippen LogP contribution in [0.1, 0.15) is 16.5 Å². The molecule has 94 valence electrons. The van der Waals surface area contributed by atoms with Gasteiger partial charge in [-0.15, -0.1) is 11.6 Å². The van der Waals surface area contributed by atoms with E-state index in [9.17, 15) is 0 Å². The average Bonchev–Trinajstić information content (AvgIpc) is 2.38. The zero-order valence-corrected chi connectivity index (χ0v) is 12.8. The standard InChI is InChI=1S/C14H11BrCl2O/c1-18-14-11(7-10(16)8-12(14)15)13(17)9-5-3-2-4-6-9/h2-8,13H,1H3. The Kier molecular flexibility index (Phi) is 4.55. The van der Waals surface area contributed by atoms with Gasteiger partial charge in [-0.1, -0.05) is 41.9 Å². The lowest BCUT2D eigenvalue weighted by atomic mass is 10.0. The van der Waals surface area contributed by atoms with Crippen LogP contribution in [0.4, 0.5) is 0 Å². The molecule has 0 radical (unpaired) electrons. The van der Waals surface area contributed by atoms with Gasteiger partial charge in [-0.05, 0) is 33.6 Å². The van der Waals surface area contributed by atoms with Crippen molar-refractivity contribution >= 4 is 39.1 Å². The van der Waals surface area contributed by atoms with Gasteiger partial charge in [0.25, 0.3) is 0 Å². The summed E-state index contributed by atoms with van der Waals surface area (Å²) in [6, 6.07) is 13.4. The molecule has 18 heavy (non-hydrogen) atoms. The van der Waals surface area contributed by atoms with Crippen molar-refractivity contribution in [2.75, 3.05) is 7.11 Å². The molecule has 0 N–H and O–H groups in total. The minimum atomic E-state index is -0.295. The molecule has 1 unspecified atom stereocenters. The van der Waals surface area contributed by atoms with Crippen molar-refractivity contribution in [1.29, 1.82) is 0 Å². The van der Waals surface area contributed by atoms with Crippen LogP contribution in [0.2, 0.25) is 5.02 Å². The van der Waals surface area contributed by atoms with Gasteiger partial charge in [0.2, 0.25) is 0 Å². The highest BCUT2D eigenvalue weighted by Gasteiger charge is 2.18. The Morgan fingerprint density at radius 2 is 1.83 bits per heavy atom. The average molecular weight is 346 g/mol. The summed E-state index contributed by atoms with van der Waals surface area (Å²) in [6.45, 7) is 0. The monoisotopic (exact) mass is 344 g/mol. The summed E-state index contributed by atoms with van der Waals surface area (Å²) in [5.74, 6) is 0.711. The number of alkyl halides is 1. The first-order valence-electron chi connectivity index (χ1n) is 5.35. The second-order valence-corrected chi connectivity index (χ2v) is 5.51. The third kappa shape index (κ3) is 2.82. The van der Waals surface area contributed by atoms with E-state index in [0.717, 1.165) is 15.6 Å². The maximum absolute atomic E-state index is 6.50. The molecule has 0 amide bonds. The van der Waals surface area contributed by atoms with Crippen LogP contribution in [0, 0.1) is 0 Å². The molecule has 0 aromatic heterocycles. The number of methoxy groups -OCH3 is 1. The fourth-order valence-corrected chi connectivity index (χ4v) is 3.09. The van der Waals surface area contributed by atoms with Gasteiger partial charge >= 0.3 is 0 Å². The molecule has 1 atom stereocenters. The maximum Gasteiger partial charge on any atom is 0.138 e. The molecule has 0 saturated heterocycles. The largest absolute Gasteiger partial charge is 0.495 e. The van der Waals surface area contributed by atoms with E-state index in [1.807, 2.05) is 36.4 Å². The van der Waals surface area contributed by atoms with E-state index >= 15 is 0 Å². The second-order valence-electron chi connectivity index (χ2n) is 3.78. The summed E-state index contributed by atoms with van der Waals surface area (Å²) < 4.78 is 6.18. The highest BCUT2D eigenvalue weighted by Crippen LogP contribution is 2.41. The topological polar surface area (TPSA) is 9.23 Å². The van der Waals surface area contributed by atoms with Crippen LogP contribution in [0.15, 0.2) is 46.9 Å². The number of hydrogen-bond acceptors (Lipinski definition) is 1. The van der Waals surface area contributed by atoms with Gasteiger partial charge in [-0.3, -0.25) is 0 Å². The van der Waals surface area contributed by atoms with Gasteiger partial charge in [-0.2, -0.15) is 0 Å². The third-order valence-corrected chi connectivity index (χ3v) is 3.90. The summed E-state index contributed by atoms with van der Waals surface area (Å²) >= 11 is 16.0. The smallest absolute Gasteiger partial charge is 0.138 e. The Morgan fingerprint density at radius 3 is 2.44 bits per heavy atom. The predicted molar refractivity (Wildman–Crippen MR) is 79.8 cm³/mol. The van der Waals surface area contributed by atoms with E-state index in [-0.39, 0.29) is 5.38 Å². The maximum atomic E-state index is 6.50. The van der Waals surface area contributed by atoms with E-state index < -0.39 is 0 Å². The van der Waals surface area contributed by atoms with E-state index in [4.69, 9.17) is 27.9 Å². The molecular weight excluding hydrogens is 335 g/mol. The Bertz CT molecular complexity index is 543. The Hall–Kier alpha value is -0.700. The van der Waals surface area contributed by atoms with Crippen LogP contribution < -0.4 is 4.74 Å². The van der Waals surface area contributed by atoms with Crippen molar-refractivity contribution in [2.45, 2.75) is 5.38 Å². The molecule has 0 spiro atoms. The van der Waals surface area contributed by atoms with Crippen molar-refractivity contribution in [2.24, 2.45) is 0 Å². The molecule has 2 rings (SSSR count). The second kappa shape index (κ2) is 5.96. The van der Waals surface area contributed by atoms with E-state index in [1.165, 1.54) is 0 Å². The van der Waals surface area contributed by atoms with Gasteiger partial charge in [-0.25, -0.2) is 0 Å². The SMILES string of the molecule is COc1c(Br)cc(Cl)cc1C(Cl)c1ccccc1. The zero-order valence-electron chi connectivity index (χ0n) is 9.66. The van der Waals surface area contributed by atoms with Crippen molar-refractivity contribution in [1.82, 2.24) is 0 Å². The molecule has 0 heterocycles. The van der Waals surface area contributed by atoms with Gasteiger partial charge in [0.05, 0.1) is 17.0 Å². The highest BCUT2D eigenvalue weighted by molar-refractivity contribution is 9.10. The van der Waals surface area contributed by atoms with Crippen LogP contribution in [0.3, 0.4) is 0 Å². The molecule has 0 bridgehead atoms. The van der Waals surface area contributed by atoms with E-state index in [0.29, 0.717) is 10.8 Å². The van der Waals surface area contributed by atoms with Crippen LogP contribution in [-0.2, 0) is 0 Å². The Balaban J connectivity index is 2.50. The fraction of sp³-hybridized carbons (Fsp3) is 0.143.